The second-order valence-electron chi connectivity index (χ2n) is 7.66. The van der Waals surface area contributed by atoms with E-state index in [1.807, 2.05) is 6.07 Å². The predicted octanol–water partition coefficient (Wildman–Crippen LogP) is 4.12. The highest BCUT2D eigenvalue weighted by atomic mass is 19.1. The molecule has 4 rings (SSSR count). The average Bonchev–Trinajstić information content (AvgIpc) is 3.12. The summed E-state index contributed by atoms with van der Waals surface area (Å²) < 4.78 is 15.3. The van der Waals surface area contributed by atoms with Crippen LogP contribution in [0, 0.1) is 11.7 Å². The third-order valence-corrected chi connectivity index (χ3v) is 5.61. The first kappa shape index (κ1) is 19.4. The van der Waals surface area contributed by atoms with E-state index in [1.165, 1.54) is 17.6 Å². The van der Waals surface area contributed by atoms with E-state index in [-0.39, 0.29) is 17.6 Å². The van der Waals surface area contributed by atoms with Crippen LogP contribution in [0.2, 0.25) is 0 Å². The Morgan fingerprint density at radius 2 is 1.86 bits per heavy atom. The summed E-state index contributed by atoms with van der Waals surface area (Å²) in [6.45, 7) is 5.19. The summed E-state index contributed by atoms with van der Waals surface area (Å²) in [5, 5.41) is 3.00. The Balaban J connectivity index is 1.38. The third-order valence-electron chi connectivity index (χ3n) is 5.61. The van der Waals surface area contributed by atoms with Gasteiger partial charge in [0.05, 0.1) is 11.0 Å². The van der Waals surface area contributed by atoms with Gasteiger partial charge in [-0.05, 0) is 49.1 Å². The molecule has 0 aliphatic carbocycles. The molecule has 29 heavy (non-hydrogen) atoms. The molecule has 0 atom stereocenters. The molecule has 1 fully saturated rings. The number of rotatable bonds is 6. The molecule has 152 valence electrons. The molecule has 2 heterocycles. The number of para-hydroxylation sites is 2. The summed E-state index contributed by atoms with van der Waals surface area (Å²) in [6.07, 6.45) is 2.67. The molecule has 1 aliphatic rings. The number of amides is 1. The molecule has 0 radical (unpaired) electrons. The van der Waals surface area contributed by atoms with Crippen molar-refractivity contribution in [3.63, 3.8) is 0 Å². The van der Waals surface area contributed by atoms with Crippen molar-refractivity contribution in [2.24, 2.45) is 5.92 Å². The zero-order valence-corrected chi connectivity index (χ0v) is 16.8. The summed E-state index contributed by atoms with van der Waals surface area (Å²) >= 11 is 0. The summed E-state index contributed by atoms with van der Waals surface area (Å²) in [4.78, 5) is 19.7. The number of halogens is 1. The van der Waals surface area contributed by atoms with Gasteiger partial charge in [0.25, 0.3) is 0 Å². The molecule has 1 aliphatic heterocycles. The van der Waals surface area contributed by atoms with Crippen molar-refractivity contribution in [1.82, 2.24) is 14.9 Å². The van der Waals surface area contributed by atoms with Gasteiger partial charge in [-0.1, -0.05) is 31.2 Å². The highest BCUT2D eigenvalue weighted by Crippen LogP contribution is 2.27. The number of aryl methyl sites for hydroxylation is 1. The highest BCUT2D eigenvalue weighted by Gasteiger charge is 2.27. The van der Waals surface area contributed by atoms with E-state index >= 15 is 0 Å². The molecule has 0 bridgehead atoms. The van der Waals surface area contributed by atoms with Gasteiger partial charge in [0, 0.05) is 32.1 Å². The molecule has 6 heteroatoms. The maximum atomic E-state index is 13.0. The molecule has 1 N–H and O–H groups in total. The first-order valence-electron chi connectivity index (χ1n) is 10.4. The van der Waals surface area contributed by atoms with Crippen LogP contribution in [0.3, 0.4) is 0 Å². The minimum atomic E-state index is -0.262. The van der Waals surface area contributed by atoms with Gasteiger partial charge in [-0.15, -0.1) is 0 Å². The minimum absolute atomic E-state index is 0.00991. The van der Waals surface area contributed by atoms with Gasteiger partial charge in [0.15, 0.2) is 0 Å². The zero-order chi connectivity index (χ0) is 20.2. The molecule has 1 saturated heterocycles. The Labute approximate surface area is 170 Å². The second kappa shape index (κ2) is 8.64. The SMILES string of the molecule is CCCn1c(N2CCC(C(=O)NCc3ccc(F)cc3)CC2)nc2ccccc21. The van der Waals surface area contributed by atoms with Crippen molar-refractivity contribution in [2.45, 2.75) is 39.3 Å². The molecular formula is C23H27FN4O. The normalized spacial score (nSPS) is 15.0. The van der Waals surface area contributed by atoms with Crippen LogP contribution in [-0.2, 0) is 17.9 Å². The molecule has 1 aromatic heterocycles. The van der Waals surface area contributed by atoms with Crippen molar-refractivity contribution in [3.8, 4) is 0 Å². The minimum Gasteiger partial charge on any atom is -0.352 e. The fourth-order valence-electron chi connectivity index (χ4n) is 4.03. The van der Waals surface area contributed by atoms with E-state index < -0.39 is 0 Å². The smallest absolute Gasteiger partial charge is 0.223 e. The summed E-state index contributed by atoms with van der Waals surface area (Å²) in [7, 11) is 0. The number of carbonyl (C=O) groups excluding carboxylic acids is 1. The maximum absolute atomic E-state index is 13.0. The van der Waals surface area contributed by atoms with Gasteiger partial charge in [0.2, 0.25) is 11.9 Å². The number of benzene rings is 2. The lowest BCUT2D eigenvalue weighted by atomic mass is 9.96. The van der Waals surface area contributed by atoms with E-state index in [2.05, 4.69) is 39.9 Å². The van der Waals surface area contributed by atoms with E-state index in [9.17, 15) is 9.18 Å². The molecule has 3 aromatic rings. The number of hydrogen-bond donors (Lipinski definition) is 1. The molecule has 2 aromatic carbocycles. The van der Waals surface area contributed by atoms with Crippen LogP contribution in [0.15, 0.2) is 48.5 Å². The van der Waals surface area contributed by atoms with Crippen molar-refractivity contribution in [3.05, 3.63) is 59.9 Å². The lowest BCUT2D eigenvalue weighted by Crippen LogP contribution is -2.41. The van der Waals surface area contributed by atoms with Crippen LogP contribution >= 0.6 is 0 Å². The number of piperidine rings is 1. The van der Waals surface area contributed by atoms with Crippen LogP contribution < -0.4 is 10.2 Å². The monoisotopic (exact) mass is 394 g/mol. The van der Waals surface area contributed by atoms with Gasteiger partial charge in [0.1, 0.15) is 5.82 Å². The van der Waals surface area contributed by atoms with Gasteiger partial charge < -0.3 is 14.8 Å². The first-order chi connectivity index (χ1) is 14.2. The second-order valence-corrected chi connectivity index (χ2v) is 7.66. The molecule has 5 nitrogen and oxygen atoms in total. The van der Waals surface area contributed by atoms with Gasteiger partial charge in [-0.3, -0.25) is 4.79 Å². The highest BCUT2D eigenvalue weighted by molar-refractivity contribution is 5.80. The maximum Gasteiger partial charge on any atom is 0.223 e. The number of nitrogens with one attached hydrogen (secondary N) is 1. The van der Waals surface area contributed by atoms with Gasteiger partial charge >= 0.3 is 0 Å². The molecule has 0 spiro atoms. The summed E-state index contributed by atoms with van der Waals surface area (Å²) in [5.41, 5.74) is 3.10. The lowest BCUT2D eigenvalue weighted by Gasteiger charge is -2.32. The predicted molar refractivity (Wildman–Crippen MR) is 113 cm³/mol. The molecule has 0 unspecified atom stereocenters. The Hall–Kier alpha value is -2.89. The van der Waals surface area contributed by atoms with Gasteiger partial charge in [-0.25, -0.2) is 9.37 Å². The number of aromatic nitrogens is 2. The van der Waals surface area contributed by atoms with Crippen LogP contribution in [-0.4, -0.2) is 28.5 Å². The standard InChI is InChI=1S/C23H27FN4O/c1-2-13-28-21-6-4-3-5-20(21)26-23(28)27-14-11-18(12-15-27)22(29)25-16-17-7-9-19(24)10-8-17/h3-10,18H,2,11-16H2,1H3,(H,25,29). The van der Waals surface area contributed by atoms with E-state index in [1.54, 1.807) is 12.1 Å². The topological polar surface area (TPSA) is 50.2 Å². The Morgan fingerprint density at radius 3 is 2.59 bits per heavy atom. The molecule has 0 saturated carbocycles. The van der Waals surface area contributed by atoms with E-state index in [4.69, 9.17) is 4.98 Å². The summed E-state index contributed by atoms with van der Waals surface area (Å²) in [6, 6.07) is 14.5. The Morgan fingerprint density at radius 1 is 1.14 bits per heavy atom. The zero-order valence-electron chi connectivity index (χ0n) is 16.8. The quantitative estimate of drug-likeness (QED) is 0.684. The first-order valence-corrected chi connectivity index (χ1v) is 10.4. The van der Waals surface area contributed by atoms with Crippen molar-refractivity contribution in [1.29, 1.82) is 0 Å². The van der Waals surface area contributed by atoms with E-state index in [0.29, 0.717) is 6.54 Å². The van der Waals surface area contributed by atoms with Crippen molar-refractivity contribution in [2.75, 3.05) is 18.0 Å². The molecular weight excluding hydrogens is 367 g/mol. The average molecular weight is 394 g/mol. The number of carbonyl (C=O) groups is 1. The number of anilines is 1. The van der Waals surface area contributed by atoms with Crippen molar-refractivity contribution < 1.29 is 9.18 Å². The summed E-state index contributed by atoms with van der Waals surface area (Å²) in [5.74, 6) is 0.839. The number of nitrogens with zero attached hydrogens (tertiary/aromatic N) is 3. The fraction of sp³-hybridized carbons (Fsp3) is 0.391. The Kier molecular flexibility index (Phi) is 5.79. The number of imidazole rings is 1. The number of fused-ring (bicyclic) bond motifs is 1. The lowest BCUT2D eigenvalue weighted by molar-refractivity contribution is -0.125. The van der Waals surface area contributed by atoms with E-state index in [0.717, 1.165) is 55.9 Å². The fourth-order valence-corrected chi connectivity index (χ4v) is 4.03. The van der Waals surface area contributed by atoms with Crippen LogP contribution in [0.25, 0.3) is 11.0 Å². The Bertz CT molecular complexity index is 974. The number of hydrogen-bond acceptors (Lipinski definition) is 3. The van der Waals surface area contributed by atoms with Crippen LogP contribution in [0.4, 0.5) is 10.3 Å². The van der Waals surface area contributed by atoms with Crippen LogP contribution in [0.1, 0.15) is 31.7 Å². The van der Waals surface area contributed by atoms with Crippen LogP contribution in [0.5, 0.6) is 0 Å². The molecule has 1 amide bonds. The largest absolute Gasteiger partial charge is 0.352 e. The third kappa shape index (κ3) is 4.26. The van der Waals surface area contributed by atoms with Crippen molar-refractivity contribution >= 4 is 22.9 Å². The van der Waals surface area contributed by atoms with Gasteiger partial charge in [-0.2, -0.15) is 0 Å².